The topological polar surface area (TPSA) is 30.5 Å². The van der Waals surface area contributed by atoms with Gasteiger partial charge in [0.15, 0.2) is 0 Å². The summed E-state index contributed by atoms with van der Waals surface area (Å²) in [5.74, 6) is 0.880. The summed E-state index contributed by atoms with van der Waals surface area (Å²) in [5.41, 5.74) is 1.17. The minimum Gasteiger partial charge on any atom is -0.497 e. The fourth-order valence-corrected chi connectivity index (χ4v) is 2.12. The van der Waals surface area contributed by atoms with E-state index in [2.05, 4.69) is 38.2 Å². The van der Waals surface area contributed by atoms with Gasteiger partial charge in [-0.2, -0.15) is 0 Å². The molecule has 1 N–H and O–H groups in total. The van der Waals surface area contributed by atoms with E-state index in [0.717, 1.165) is 31.7 Å². The summed E-state index contributed by atoms with van der Waals surface area (Å²) in [4.78, 5) is 0. The molecule has 19 heavy (non-hydrogen) atoms. The van der Waals surface area contributed by atoms with Gasteiger partial charge in [0.2, 0.25) is 0 Å². The number of rotatable bonds is 9. The average molecular weight is 265 g/mol. The van der Waals surface area contributed by atoms with Crippen LogP contribution in [0.15, 0.2) is 24.3 Å². The fraction of sp³-hybridized carbons (Fsp3) is 0.625. The molecular weight excluding hydrogens is 238 g/mol. The summed E-state index contributed by atoms with van der Waals surface area (Å²) >= 11 is 0. The summed E-state index contributed by atoms with van der Waals surface area (Å²) in [5, 5.41) is 3.37. The highest BCUT2D eigenvalue weighted by molar-refractivity contribution is 5.30. The molecule has 1 aromatic carbocycles. The minimum atomic E-state index is 0.0802. The van der Waals surface area contributed by atoms with Gasteiger partial charge in [-0.1, -0.05) is 32.4 Å². The van der Waals surface area contributed by atoms with Crippen LogP contribution >= 0.6 is 0 Å². The van der Waals surface area contributed by atoms with Crippen molar-refractivity contribution < 1.29 is 9.47 Å². The lowest BCUT2D eigenvalue weighted by atomic mass is 10.1. The van der Waals surface area contributed by atoms with Crippen molar-refractivity contribution >= 4 is 0 Å². The molecule has 1 aromatic rings. The van der Waals surface area contributed by atoms with Gasteiger partial charge in [0.25, 0.3) is 0 Å². The third-order valence-electron chi connectivity index (χ3n) is 3.14. The van der Waals surface area contributed by atoms with Gasteiger partial charge >= 0.3 is 0 Å². The maximum atomic E-state index is 6.16. The molecule has 1 rings (SSSR count). The number of hydrogen-bond acceptors (Lipinski definition) is 3. The summed E-state index contributed by atoms with van der Waals surface area (Å²) in [6.07, 6.45) is 2.59. The van der Waals surface area contributed by atoms with E-state index in [1.54, 1.807) is 7.11 Å². The molecule has 0 amide bonds. The normalized spacial score (nSPS) is 14.1. The third-order valence-corrected chi connectivity index (χ3v) is 3.14. The van der Waals surface area contributed by atoms with Gasteiger partial charge in [0.05, 0.1) is 19.3 Å². The molecular formula is C16H27NO2. The second-order valence-electron chi connectivity index (χ2n) is 4.81. The van der Waals surface area contributed by atoms with Gasteiger partial charge in [-0.15, -0.1) is 0 Å². The Bertz CT molecular complexity index is 354. The Labute approximate surface area is 117 Å². The van der Waals surface area contributed by atoms with Crippen molar-refractivity contribution in [3.63, 3.8) is 0 Å². The number of ether oxygens (including phenoxy) is 2. The van der Waals surface area contributed by atoms with Crippen LogP contribution in [0.3, 0.4) is 0 Å². The summed E-state index contributed by atoms with van der Waals surface area (Å²) in [7, 11) is 1.69. The zero-order valence-electron chi connectivity index (χ0n) is 12.6. The lowest BCUT2D eigenvalue weighted by Crippen LogP contribution is -2.25. The van der Waals surface area contributed by atoms with Crippen LogP contribution in [0.4, 0.5) is 0 Å². The minimum absolute atomic E-state index is 0.0802. The Morgan fingerprint density at radius 2 is 2.05 bits per heavy atom. The van der Waals surface area contributed by atoms with Gasteiger partial charge < -0.3 is 14.8 Å². The van der Waals surface area contributed by atoms with Gasteiger partial charge in [-0.25, -0.2) is 0 Å². The van der Waals surface area contributed by atoms with Crippen LogP contribution in [0.1, 0.15) is 45.3 Å². The van der Waals surface area contributed by atoms with Crippen molar-refractivity contribution in [2.24, 2.45) is 0 Å². The fourth-order valence-electron chi connectivity index (χ4n) is 2.12. The molecule has 0 aliphatic rings. The van der Waals surface area contributed by atoms with E-state index in [0.29, 0.717) is 0 Å². The van der Waals surface area contributed by atoms with Crippen molar-refractivity contribution in [1.29, 1.82) is 0 Å². The highest BCUT2D eigenvalue weighted by Gasteiger charge is 2.15. The van der Waals surface area contributed by atoms with Crippen LogP contribution in [0.5, 0.6) is 5.75 Å². The van der Waals surface area contributed by atoms with Crippen molar-refractivity contribution in [3.8, 4) is 5.75 Å². The van der Waals surface area contributed by atoms with E-state index < -0.39 is 0 Å². The lowest BCUT2D eigenvalue weighted by Gasteiger charge is -2.23. The van der Waals surface area contributed by atoms with E-state index in [-0.39, 0.29) is 12.2 Å². The van der Waals surface area contributed by atoms with Crippen LogP contribution in [0.2, 0.25) is 0 Å². The molecule has 0 aromatic heterocycles. The molecule has 0 saturated heterocycles. The highest BCUT2D eigenvalue weighted by atomic mass is 16.5. The van der Waals surface area contributed by atoms with Crippen molar-refractivity contribution in [1.82, 2.24) is 5.32 Å². The van der Waals surface area contributed by atoms with Crippen LogP contribution in [-0.2, 0) is 4.74 Å². The second-order valence-corrected chi connectivity index (χ2v) is 4.81. The standard InChI is InChI=1S/C16H27NO2/c1-5-8-13(3)19-16(12-17-6-2)14-9-7-10-15(11-14)18-4/h7,9-11,13,16-17H,5-6,8,12H2,1-4H3. The first-order chi connectivity index (χ1) is 9.21. The molecule has 0 radical (unpaired) electrons. The molecule has 3 nitrogen and oxygen atoms in total. The highest BCUT2D eigenvalue weighted by Crippen LogP contribution is 2.23. The first kappa shape index (κ1) is 16.0. The maximum Gasteiger partial charge on any atom is 0.119 e. The summed E-state index contributed by atoms with van der Waals surface area (Å²) in [6, 6.07) is 8.13. The molecule has 0 fully saturated rings. The molecule has 2 atom stereocenters. The molecule has 0 saturated carbocycles. The number of hydrogen-bond donors (Lipinski definition) is 1. The lowest BCUT2D eigenvalue weighted by molar-refractivity contribution is -0.00705. The molecule has 0 bridgehead atoms. The van der Waals surface area contributed by atoms with Gasteiger partial charge in [-0.3, -0.25) is 0 Å². The Morgan fingerprint density at radius 1 is 1.26 bits per heavy atom. The molecule has 0 spiro atoms. The molecule has 0 aliphatic heterocycles. The quantitative estimate of drug-likeness (QED) is 0.740. The zero-order valence-corrected chi connectivity index (χ0v) is 12.6. The van der Waals surface area contributed by atoms with Gasteiger partial charge in [0, 0.05) is 6.54 Å². The van der Waals surface area contributed by atoms with E-state index in [1.807, 2.05) is 12.1 Å². The monoisotopic (exact) mass is 265 g/mol. The van der Waals surface area contributed by atoms with Crippen LogP contribution in [0, 0.1) is 0 Å². The Kier molecular flexibility index (Phi) is 7.53. The number of benzene rings is 1. The number of nitrogens with one attached hydrogen (secondary N) is 1. The molecule has 0 aliphatic carbocycles. The Hall–Kier alpha value is -1.06. The maximum absolute atomic E-state index is 6.16. The first-order valence-electron chi connectivity index (χ1n) is 7.21. The van der Waals surface area contributed by atoms with Crippen LogP contribution in [-0.4, -0.2) is 26.3 Å². The third kappa shape index (κ3) is 5.62. The van der Waals surface area contributed by atoms with Crippen LogP contribution < -0.4 is 10.1 Å². The van der Waals surface area contributed by atoms with Crippen molar-refractivity contribution in [3.05, 3.63) is 29.8 Å². The van der Waals surface area contributed by atoms with E-state index in [1.165, 1.54) is 5.56 Å². The molecule has 2 unspecified atom stereocenters. The van der Waals surface area contributed by atoms with Gasteiger partial charge in [-0.05, 0) is 37.6 Å². The zero-order chi connectivity index (χ0) is 14.1. The van der Waals surface area contributed by atoms with Crippen LogP contribution in [0.25, 0.3) is 0 Å². The van der Waals surface area contributed by atoms with E-state index in [9.17, 15) is 0 Å². The predicted molar refractivity (Wildman–Crippen MR) is 79.7 cm³/mol. The molecule has 3 heteroatoms. The molecule has 0 heterocycles. The first-order valence-corrected chi connectivity index (χ1v) is 7.21. The van der Waals surface area contributed by atoms with E-state index >= 15 is 0 Å². The summed E-state index contributed by atoms with van der Waals surface area (Å²) < 4.78 is 11.4. The number of methoxy groups -OCH3 is 1. The largest absolute Gasteiger partial charge is 0.497 e. The van der Waals surface area contributed by atoms with E-state index in [4.69, 9.17) is 9.47 Å². The smallest absolute Gasteiger partial charge is 0.119 e. The Balaban J connectivity index is 2.76. The second kappa shape index (κ2) is 8.94. The Morgan fingerprint density at radius 3 is 2.68 bits per heavy atom. The SMILES string of the molecule is CCCC(C)OC(CNCC)c1cccc(OC)c1. The van der Waals surface area contributed by atoms with Crippen molar-refractivity contribution in [2.75, 3.05) is 20.2 Å². The predicted octanol–water partition coefficient (Wildman–Crippen LogP) is 3.55. The molecule has 108 valence electrons. The van der Waals surface area contributed by atoms with Crippen molar-refractivity contribution in [2.45, 2.75) is 45.8 Å². The summed E-state index contributed by atoms with van der Waals surface area (Å²) in [6.45, 7) is 8.22. The average Bonchev–Trinajstić information content (AvgIpc) is 2.43. The van der Waals surface area contributed by atoms with Gasteiger partial charge in [0.1, 0.15) is 5.75 Å². The number of likely N-dealkylation sites (N-methyl/N-ethyl adjacent to an activating group) is 1.